The van der Waals surface area contributed by atoms with Gasteiger partial charge in [0.25, 0.3) is 0 Å². The number of nitrogens with zero attached hydrogens (tertiary/aromatic N) is 2. The minimum Gasteiger partial charge on any atom is -0.507 e. The van der Waals surface area contributed by atoms with Gasteiger partial charge in [0.15, 0.2) is 5.65 Å². The van der Waals surface area contributed by atoms with Crippen molar-refractivity contribution in [1.29, 1.82) is 0 Å². The summed E-state index contributed by atoms with van der Waals surface area (Å²) >= 11 is 0. The van der Waals surface area contributed by atoms with Gasteiger partial charge in [0.2, 0.25) is 0 Å². The van der Waals surface area contributed by atoms with E-state index >= 15 is 0 Å². The van der Waals surface area contributed by atoms with Crippen molar-refractivity contribution in [1.82, 2.24) is 15.2 Å². The van der Waals surface area contributed by atoms with Crippen LogP contribution in [0.5, 0.6) is 11.5 Å². The Kier molecular flexibility index (Phi) is 3.39. The molecule has 0 aliphatic rings. The molecule has 4 rings (SSSR count). The third-order valence-electron chi connectivity index (χ3n) is 4.01. The lowest BCUT2D eigenvalue weighted by Crippen LogP contribution is -1.90. The van der Waals surface area contributed by atoms with E-state index in [-0.39, 0.29) is 5.75 Å². The number of hydrogen-bond donors (Lipinski definition) is 2. The quantitative estimate of drug-likeness (QED) is 0.599. The minimum absolute atomic E-state index is 0.181. The van der Waals surface area contributed by atoms with E-state index in [4.69, 9.17) is 4.74 Å². The summed E-state index contributed by atoms with van der Waals surface area (Å²) in [6.45, 7) is 0. The number of rotatable bonds is 3. The van der Waals surface area contributed by atoms with Crippen molar-refractivity contribution in [3.8, 4) is 33.9 Å². The fourth-order valence-electron chi connectivity index (χ4n) is 2.83. The maximum atomic E-state index is 10.1. The third-order valence-corrected chi connectivity index (χ3v) is 4.01. The Labute approximate surface area is 138 Å². The molecule has 0 atom stereocenters. The lowest BCUT2D eigenvalue weighted by atomic mass is 10.0. The van der Waals surface area contributed by atoms with Gasteiger partial charge in [-0.25, -0.2) is 0 Å². The number of H-pyrrole nitrogens is 1. The van der Waals surface area contributed by atoms with Crippen molar-refractivity contribution >= 4 is 11.0 Å². The molecule has 0 fully saturated rings. The Bertz CT molecular complexity index is 1020. The maximum Gasteiger partial charge on any atom is 0.160 e. The molecule has 4 aromatic rings. The number of aromatic amines is 1. The van der Waals surface area contributed by atoms with Gasteiger partial charge >= 0.3 is 0 Å². The molecule has 5 heteroatoms. The van der Waals surface area contributed by atoms with Crippen LogP contribution in [0.2, 0.25) is 0 Å². The van der Waals surface area contributed by atoms with Gasteiger partial charge in [0.1, 0.15) is 11.5 Å². The van der Waals surface area contributed by atoms with Crippen molar-refractivity contribution in [3.63, 3.8) is 0 Å². The molecular formula is C19H15N3O2. The van der Waals surface area contributed by atoms with Gasteiger partial charge in [-0.05, 0) is 24.3 Å². The summed E-state index contributed by atoms with van der Waals surface area (Å²) in [6, 6.07) is 16.9. The van der Waals surface area contributed by atoms with Crippen molar-refractivity contribution < 1.29 is 9.84 Å². The second kappa shape index (κ2) is 5.70. The molecule has 24 heavy (non-hydrogen) atoms. The number of benzene rings is 2. The largest absolute Gasteiger partial charge is 0.507 e. The fraction of sp³-hybridized carbons (Fsp3) is 0.0526. The van der Waals surface area contributed by atoms with Gasteiger partial charge in [-0.15, -0.1) is 10.2 Å². The van der Waals surface area contributed by atoms with Crippen LogP contribution in [0, 0.1) is 0 Å². The zero-order valence-electron chi connectivity index (χ0n) is 13.0. The van der Waals surface area contributed by atoms with Gasteiger partial charge < -0.3 is 14.8 Å². The van der Waals surface area contributed by atoms with E-state index in [1.165, 1.54) is 0 Å². The van der Waals surface area contributed by atoms with Crippen LogP contribution in [0.4, 0.5) is 0 Å². The Morgan fingerprint density at radius 3 is 2.46 bits per heavy atom. The number of aromatic hydroxyl groups is 1. The summed E-state index contributed by atoms with van der Waals surface area (Å²) in [4.78, 5) is 3.14. The van der Waals surface area contributed by atoms with Crippen LogP contribution in [0.15, 0.2) is 60.8 Å². The van der Waals surface area contributed by atoms with Gasteiger partial charge in [-0.2, -0.15) is 0 Å². The summed E-state index contributed by atoms with van der Waals surface area (Å²) in [5.41, 5.74) is 3.92. The first-order chi connectivity index (χ1) is 11.8. The van der Waals surface area contributed by atoms with E-state index in [9.17, 15) is 5.11 Å². The SMILES string of the molecule is COc1ccccc1-c1c[nH]c2nnc(-c3ccccc3O)cc12. The Morgan fingerprint density at radius 1 is 0.917 bits per heavy atom. The van der Waals surface area contributed by atoms with Crippen molar-refractivity contribution in [2.24, 2.45) is 0 Å². The van der Waals surface area contributed by atoms with Crippen LogP contribution in [0.25, 0.3) is 33.4 Å². The van der Waals surface area contributed by atoms with Crippen molar-refractivity contribution in [2.45, 2.75) is 0 Å². The summed E-state index contributed by atoms with van der Waals surface area (Å²) < 4.78 is 5.46. The monoisotopic (exact) mass is 317 g/mol. The van der Waals surface area contributed by atoms with Crippen LogP contribution < -0.4 is 4.74 Å². The summed E-state index contributed by atoms with van der Waals surface area (Å²) in [6.07, 6.45) is 1.89. The van der Waals surface area contributed by atoms with Crippen LogP contribution in [0.1, 0.15) is 0 Å². The number of para-hydroxylation sites is 2. The molecule has 118 valence electrons. The van der Waals surface area contributed by atoms with Crippen LogP contribution in [-0.4, -0.2) is 27.4 Å². The van der Waals surface area contributed by atoms with E-state index in [0.717, 1.165) is 22.3 Å². The highest BCUT2D eigenvalue weighted by Gasteiger charge is 2.14. The summed E-state index contributed by atoms with van der Waals surface area (Å²) in [7, 11) is 1.65. The minimum atomic E-state index is 0.181. The second-order valence-corrected chi connectivity index (χ2v) is 5.41. The predicted octanol–water partition coefficient (Wildman–Crippen LogP) is 4.01. The first kappa shape index (κ1) is 14.3. The molecule has 0 aliphatic heterocycles. The van der Waals surface area contributed by atoms with Crippen LogP contribution in [-0.2, 0) is 0 Å². The van der Waals surface area contributed by atoms with Gasteiger partial charge in [0.05, 0.1) is 12.8 Å². The topological polar surface area (TPSA) is 71.0 Å². The number of methoxy groups -OCH3 is 1. The number of nitrogens with one attached hydrogen (secondary N) is 1. The zero-order chi connectivity index (χ0) is 16.5. The number of phenols is 1. The molecule has 0 bridgehead atoms. The Hall–Kier alpha value is -3.34. The summed E-state index contributed by atoms with van der Waals surface area (Å²) in [5.74, 6) is 0.972. The second-order valence-electron chi connectivity index (χ2n) is 5.41. The fourth-order valence-corrected chi connectivity index (χ4v) is 2.83. The Balaban J connectivity index is 1.93. The summed E-state index contributed by atoms with van der Waals surface area (Å²) in [5, 5.41) is 19.4. The Morgan fingerprint density at radius 2 is 1.67 bits per heavy atom. The molecule has 0 amide bonds. The molecule has 2 heterocycles. The number of hydrogen-bond acceptors (Lipinski definition) is 4. The van der Waals surface area contributed by atoms with E-state index in [0.29, 0.717) is 16.9 Å². The highest BCUT2D eigenvalue weighted by molar-refractivity contribution is 5.96. The van der Waals surface area contributed by atoms with Crippen LogP contribution in [0.3, 0.4) is 0 Å². The molecule has 0 aliphatic carbocycles. The molecule has 0 saturated carbocycles. The molecule has 2 N–H and O–H groups in total. The van der Waals surface area contributed by atoms with E-state index in [1.54, 1.807) is 19.2 Å². The normalized spacial score (nSPS) is 10.9. The van der Waals surface area contributed by atoms with Crippen LogP contribution >= 0.6 is 0 Å². The molecule has 0 spiro atoms. The van der Waals surface area contributed by atoms with Gasteiger partial charge in [-0.3, -0.25) is 0 Å². The smallest absolute Gasteiger partial charge is 0.160 e. The first-order valence-electron chi connectivity index (χ1n) is 7.54. The number of fused-ring (bicyclic) bond motifs is 1. The van der Waals surface area contributed by atoms with E-state index in [2.05, 4.69) is 15.2 Å². The molecule has 2 aromatic carbocycles. The molecule has 0 unspecified atom stereocenters. The molecule has 5 nitrogen and oxygen atoms in total. The number of phenolic OH excluding ortho intramolecular Hbond substituents is 1. The lowest BCUT2D eigenvalue weighted by Gasteiger charge is -2.07. The standard InChI is InChI=1S/C19H15N3O2/c1-24-18-9-5-3-6-12(18)15-11-20-19-14(15)10-16(21-22-19)13-7-2-4-8-17(13)23/h2-11,23H,1H3,(H,20,22). The number of ether oxygens (including phenoxy) is 1. The molecule has 0 saturated heterocycles. The lowest BCUT2D eigenvalue weighted by molar-refractivity contribution is 0.416. The molecule has 0 radical (unpaired) electrons. The highest BCUT2D eigenvalue weighted by atomic mass is 16.5. The average molecular weight is 317 g/mol. The van der Waals surface area contributed by atoms with Crippen molar-refractivity contribution in [3.05, 3.63) is 60.8 Å². The number of aromatic nitrogens is 3. The van der Waals surface area contributed by atoms with Crippen molar-refractivity contribution in [2.75, 3.05) is 7.11 Å². The third kappa shape index (κ3) is 2.27. The molecular weight excluding hydrogens is 302 g/mol. The highest BCUT2D eigenvalue weighted by Crippen LogP contribution is 2.36. The van der Waals surface area contributed by atoms with Gasteiger partial charge in [-0.1, -0.05) is 30.3 Å². The molecule has 2 aromatic heterocycles. The van der Waals surface area contributed by atoms with E-state index < -0.39 is 0 Å². The average Bonchev–Trinajstić information content (AvgIpc) is 3.05. The van der Waals surface area contributed by atoms with E-state index in [1.807, 2.05) is 48.7 Å². The zero-order valence-corrected chi connectivity index (χ0v) is 13.0. The maximum absolute atomic E-state index is 10.1. The first-order valence-corrected chi connectivity index (χ1v) is 7.54. The predicted molar refractivity (Wildman–Crippen MR) is 93.0 cm³/mol. The van der Waals surface area contributed by atoms with Gasteiger partial charge in [0, 0.05) is 28.3 Å².